The minimum absolute atomic E-state index is 0.235. The van der Waals surface area contributed by atoms with E-state index in [1.807, 2.05) is 0 Å². The third-order valence-corrected chi connectivity index (χ3v) is 2.59. The first kappa shape index (κ1) is 5.48. The monoisotopic (exact) mass is 124 g/mol. The average molecular weight is 124 g/mol. The first-order chi connectivity index (χ1) is 4.21. The summed E-state index contributed by atoms with van der Waals surface area (Å²) in [6.45, 7) is 3.84. The summed E-state index contributed by atoms with van der Waals surface area (Å²) < 4.78 is 0. The van der Waals surface area contributed by atoms with Crippen molar-refractivity contribution in [1.82, 2.24) is 0 Å². The number of hydrogen-bond acceptors (Lipinski definition) is 1. The largest absolute Gasteiger partial charge is 0.390 e. The maximum atomic E-state index is 9.53. The molecule has 0 amide bonds. The molecule has 0 aromatic heterocycles. The zero-order valence-corrected chi connectivity index (χ0v) is 5.56. The molecule has 2 rings (SSSR count). The second-order valence-corrected chi connectivity index (χ2v) is 3.46. The van der Waals surface area contributed by atoms with Gasteiger partial charge in [0.25, 0.3) is 0 Å². The van der Waals surface area contributed by atoms with Gasteiger partial charge in [-0.2, -0.15) is 0 Å². The van der Waals surface area contributed by atoms with Crippen molar-refractivity contribution in [3.8, 4) is 0 Å². The predicted molar refractivity (Wildman–Crippen MR) is 36.0 cm³/mol. The summed E-state index contributed by atoms with van der Waals surface area (Å²) in [5.41, 5.74) is 1.08. The highest BCUT2D eigenvalue weighted by Crippen LogP contribution is 2.52. The molecule has 9 heavy (non-hydrogen) atoms. The van der Waals surface area contributed by atoms with Crippen LogP contribution in [0.5, 0.6) is 0 Å². The van der Waals surface area contributed by atoms with Crippen LogP contribution in [-0.4, -0.2) is 10.7 Å². The van der Waals surface area contributed by atoms with E-state index in [9.17, 15) is 5.11 Å². The molecule has 0 unspecified atom stereocenters. The van der Waals surface area contributed by atoms with Gasteiger partial charge in [0.1, 0.15) is 0 Å². The number of allylic oxidation sites excluding steroid dienone is 1. The fraction of sp³-hybridized carbons (Fsp3) is 0.750. The SMILES string of the molecule is C=C1CC(C2(O)CC2)C1. The molecule has 0 saturated heterocycles. The first-order valence-electron chi connectivity index (χ1n) is 3.60. The van der Waals surface area contributed by atoms with E-state index in [4.69, 9.17) is 0 Å². The lowest BCUT2D eigenvalue weighted by atomic mass is 9.76. The van der Waals surface area contributed by atoms with Crippen LogP contribution in [0.2, 0.25) is 0 Å². The van der Waals surface area contributed by atoms with Gasteiger partial charge >= 0.3 is 0 Å². The van der Waals surface area contributed by atoms with Crippen molar-refractivity contribution in [1.29, 1.82) is 0 Å². The molecule has 2 fully saturated rings. The van der Waals surface area contributed by atoms with Crippen molar-refractivity contribution in [2.45, 2.75) is 31.3 Å². The lowest BCUT2D eigenvalue weighted by molar-refractivity contribution is 0.0617. The molecule has 1 heteroatoms. The average Bonchev–Trinajstić information content (AvgIpc) is 2.41. The van der Waals surface area contributed by atoms with Crippen LogP contribution in [0.4, 0.5) is 0 Å². The molecule has 1 nitrogen and oxygen atoms in total. The fourth-order valence-electron chi connectivity index (χ4n) is 1.55. The van der Waals surface area contributed by atoms with Crippen LogP contribution < -0.4 is 0 Å². The van der Waals surface area contributed by atoms with E-state index >= 15 is 0 Å². The van der Waals surface area contributed by atoms with Crippen LogP contribution in [0.1, 0.15) is 25.7 Å². The van der Waals surface area contributed by atoms with Gasteiger partial charge in [-0.25, -0.2) is 0 Å². The van der Waals surface area contributed by atoms with E-state index < -0.39 is 0 Å². The Hall–Kier alpha value is -0.300. The number of hydrogen-bond donors (Lipinski definition) is 1. The zero-order valence-electron chi connectivity index (χ0n) is 5.56. The van der Waals surface area contributed by atoms with Gasteiger partial charge in [-0.15, -0.1) is 0 Å². The summed E-state index contributed by atoms with van der Waals surface area (Å²) >= 11 is 0. The standard InChI is InChI=1S/C8H12O/c1-6-4-7(5-6)8(9)2-3-8/h7,9H,1-5H2. The first-order valence-corrected chi connectivity index (χ1v) is 3.60. The molecule has 0 spiro atoms. The Balaban J connectivity index is 1.95. The highest BCUT2D eigenvalue weighted by molar-refractivity contribution is 5.16. The Kier molecular flexibility index (Phi) is 0.854. The van der Waals surface area contributed by atoms with E-state index in [1.165, 1.54) is 5.57 Å². The second-order valence-electron chi connectivity index (χ2n) is 3.46. The van der Waals surface area contributed by atoms with Crippen molar-refractivity contribution in [2.24, 2.45) is 5.92 Å². The Morgan fingerprint density at radius 1 is 1.44 bits per heavy atom. The third kappa shape index (κ3) is 0.715. The molecule has 2 aliphatic rings. The third-order valence-electron chi connectivity index (χ3n) is 2.59. The predicted octanol–water partition coefficient (Wildman–Crippen LogP) is 1.48. The van der Waals surface area contributed by atoms with E-state index in [0.717, 1.165) is 25.7 Å². The quantitative estimate of drug-likeness (QED) is 0.525. The fourth-order valence-corrected chi connectivity index (χ4v) is 1.55. The Bertz CT molecular complexity index is 148. The molecule has 0 aromatic carbocycles. The maximum Gasteiger partial charge on any atom is 0.0684 e. The minimum atomic E-state index is -0.235. The van der Waals surface area contributed by atoms with Gasteiger partial charge in [0, 0.05) is 0 Å². The van der Waals surface area contributed by atoms with Crippen molar-refractivity contribution in [3.05, 3.63) is 12.2 Å². The molecule has 50 valence electrons. The van der Waals surface area contributed by atoms with Crippen molar-refractivity contribution in [2.75, 3.05) is 0 Å². The van der Waals surface area contributed by atoms with E-state index in [1.54, 1.807) is 0 Å². The van der Waals surface area contributed by atoms with E-state index in [-0.39, 0.29) is 5.60 Å². The molecule has 0 bridgehead atoms. The molecule has 0 aromatic rings. The summed E-state index contributed by atoms with van der Waals surface area (Å²) in [7, 11) is 0. The Morgan fingerprint density at radius 2 is 2.00 bits per heavy atom. The molecule has 0 aliphatic heterocycles. The van der Waals surface area contributed by atoms with Gasteiger partial charge in [-0.3, -0.25) is 0 Å². The lowest BCUT2D eigenvalue weighted by Crippen LogP contribution is -2.29. The molecular formula is C8H12O. The van der Waals surface area contributed by atoms with Crippen LogP contribution in [0.25, 0.3) is 0 Å². The van der Waals surface area contributed by atoms with Gasteiger partial charge in [0.05, 0.1) is 5.60 Å². The highest BCUT2D eigenvalue weighted by atomic mass is 16.3. The Morgan fingerprint density at radius 3 is 2.33 bits per heavy atom. The topological polar surface area (TPSA) is 20.2 Å². The minimum Gasteiger partial charge on any atom is -0.390 e. The normalized spacial score (nSPS) is 31.9. The van der Waals surface area contributed by atoms with Crippen LogP contribution in [0.15, 0.2) is 12.2 Å². The molecule has 0 radical (unpaired) electrons. The van der Waals surface area contributed by atoms with Crippen LogP contribution in [0.3, 0.4) is 0 Å². The maximum absolute atomic E-state index is 9.53. The molecule has 0 heterocycles. The summed E-state index contributed by atoms with van der Waals surface area (Å²) in [4.78, 5) is 0. The second kappa shape index (κ2) is 1.40. The van der Waals surface area contributed by atoms with E-state index in [2.05, 4.69) is 6.58 Å². The molecule has 2 aliphatic carbocycles. The summed E-state index contributed by atoms with van der Waals surface area (Å²) in [5, 5.41) is 9.53. The zero-order chi connectivity index (χ0) is 6.48. The van der Waals surface area contributed by atoms with Crippen molar-refractivity contribution < 1.29 is 5.11 Å². The number of aliphatic hydroxyl groups is 1. The van der Waals surface area contributed by atoms with Gasteiger partial charge in [0.2, 0.25) is 0 Å². The van der Waals surface area contributed by atoms with Crippen LogP contribution in [-0.2, 0) is 0 Å². The Labute approximate surface area is 55.4 Å². The molecule has 1 N–H and O–H groups in total. The summed E-state index contributed by atoms with van der Waals surface area (Å²) in [5.74, 6) is 0.574. The molecule has 0 atom stereocenters. The van der Waals surface area contributed by atoms with Gasteiger partial charge in [-0.05, 0) is 31.6 Å². The van der Waals surface area contributed by atoms with Gasteiger partial charge in [0.15, 0.2) is 0 Å². The number of rotatable bonds is 1. The van der Waals surface area contributed by atoms with Gasteiger partial charge in [-0.1, -0.05) is 12.2 Å². The van der Waals surface area contributed by atoms with Crippen LogP contribution >= 0.6 is 0 Å². The van der Waals surface area contributed by atoms with Crippen LogP contribution in [0, 0.1) is 5.92 Å². The van der Waals surface area contributed by atoms with Crippen molar-refractivity contribution >= 4 is 0 Å². The smallest absolute Gasteiger partial charge is 0.0684 e. The lowest BCUT2D eigenvalue weighted by Gasteiger charge is -2.32. The van der Waals surface area contributed by atoms with Gasteiger partial charge < -0.3 is 5.11 Å². The molecular weight excluding hydrogens is 112 g/mol. The van der Waals surface area contributed by atoms with Crippen molar-refractivity contribution in [3.63, 3.8) is 0 Å². The summed E-state index contributed by atoms with van der Waals surface area (Å²) in [6.07, 6.45) is 4.23. The van der Waals surface area contributed by atoms with E-state index in [0.29, 0.717) is 5.92 Å². The molecule has 2 saturated carbocycles. The summed E-state index contributed by atoms with van der Waals surface area (Å²) in [6, 6.07) is 0. The highest BCUT2D eigenvalue weighted by Gasteiger charge is 2.50.